The van der Waals surface area contributed by atoms with E-state index in [2.05, 4.69) is 30.7 Å². The smallest absolute Gasteiger partial charge is 0.225 e. The van der Waals surface area contributed by atoms with E-state index in [0.717, 1.165) is 51.7 Å². The van der Waals surface area contributed by atoms with Gasteiger partial charge >= 0.3 is 0 Å². The number of hydrogen-bond acceptors (Lipinski definition) is 6. The number of ether oxygens (including phenoxy) is 2. The van der Waals surface area contributed by atoms with Gasteiger partial charge in [-0.1, -0.05) is 0 Å². The molecule has 0 amide bonds. The highest BCUT2D eigenvalue weighted by Crippen LogP contribution is 2.24. The number of hydrogen-bond donors (Lipinski definition) is 0. The molecule has 1 fully saturated rings. The molecule has 2 aliphatic rings. The lowest BCUT2D eigenvalue weighted by Gasteiger charge is -2.34. The largest absolute Gasteiger partial charge is 0.381 e. The maximum Gasteiger partial charge on any atom is 0.225 e. The molecule has 7 heteroatoms. The van der Waals surface area contributed by atoms with Gasteiger partial charge in [-0.15, -0.1) is 0 Å². The molecule has 0 radical (unpaired) electrons. The summed E-state index contributed by atoms with van der Waals surface area (Å²) in [6.45, 7) is 4.78. The van der Waals surface area contributed by atoms with Gasteiger partial charge in [0.2, 0.25) is 5.95 Å². The van der Waals surface area contributed by atoms with Crippen LogP contribution in [-0.4, -0.2) is 52.7 Å². The minimum Gasteiger partial charge on any atom is -0.381 e. The van der Waals surface area contributed by atoms with Crippen LogP contribution in [0.3, 0.4) is 0 Å². The number of rotatable bonds is 5. The van der Waals surface area contributed by atoms with Crippen LogP contribution in [0.5, 0.6) is 0 Å². The van der Waals surface area contributed by atoms with E-state index in [1.807, 2.05) is 12.3 Å². The van der Waals surface area contributed by atoms with Gasteiger partial charge in [-0.2, -0.15) is 5.10 Å². The Labute approximate surface area is 141 Å². The zero-order chi connectivity index (χ0) is 16.2. The first kappa shape index (κ1) is 15.5. The van der Waals surface area contributed by atoms with Crippen LogP contribution in [0, 0.1) is 5.92 Å². The maximum absolute atomic E-state index is 6.04. The lowest BCUT2D eigenvalue weighted by Crippen LogP contribution is -2.40. The van der Waals surface area contributed by atoms with E-state index in [1.54, 1.807) is 12.4 Å². The van der Waals surface area contributed by atoms with Crippen molar-refractivity contribution in [1.82, 2.24) is 19.7 Å². The van der Waals surface area contributed by atoms with Crippen molar-refractivity contribution in [3.05, 3.63) is 36.4 Å². The van der Waals surface area contributed by atoms with Crippen molar-refractivity contribution in [3.63, 3.8) is 0 Å². The third-order valence-corrected chi connectivity index (χ3v) is 4.72. The van der Waals surface area contributed by atoms with Gasteiger partial charge in [-0.05, 0) is 30.9 Å². The summed E-state index contributed by atoms with van der Waals surface area (Å²) in [7, 11) is 0. The zero-order valence-corrected chi connectivity index (χ0v) is 13.8. The summed E-state index contributed by atoms with van der Waals surface area (Å²) in [4.78, 5) is 11.0. The number of nitrogens with zero attached hydrogens (tertiary/aromatic N) is 5. The number of fused-ring (bicyclic) bond motifs is 1. The molecule has 24 heavy (non-hydrogen) atoms. The number of aromatic nitrogens is 4. The van der Waals surface area contributed by atoms with E-state index < -0.39 is 0 Å². The van der Waals surface area contributed by atoms with Gasteiger partial charge in [0, 0.05) is 45.0 Å². The topological polar surface area (TPSA) is 65.3 Å². The summed E-state index contributed by atoms with van der Waals surface area (Å²) < 4.78 is 13.5. The molecule has 2 aromatic heterocycles. The molecule has 128 valence electrons. The highest BCUT2D eigenvalue weighted by atomic mass is 16.5. The Bertz CT molecular complexity index is 641. The minimum atomic E-state index is 0.187. The Hall–Kier alpha value is -1.99. The third kappa shape index (κ3) is 3.42. The standard InChI is InChI=1S/C17H23N5O2/c1-5-18-17(19-6-1)21-10-15-2-7-20-22(15)16(11-21)13-24-12-14-3-8-23-9-4-14/h1-2,5-7,14,16H,3-4,8-13H2. The zero-order valence-electron chi connectivity index (χ0n) is 13.8. The Morgan fingerprint density at radius 1 is 1.12 bits per heavy atom. The van der Waals surface area contributed by atoms with Crippen LogP contribution >= 0.6 is 0 Å². The molecular formula is C17H23N5O2. The maximum atomic E-state index is 6.04. The van der Waals surface area contributed by atoms with Gasteiger partial charge in [0.15, 0.2) is 0 Å². The average molecular weight is 329 g/mol. The van der Waals surface area contributed by atoms with Crippen molar-refractivity contribution in [2.45, 2.75) is 25.4 Å². The van der Waals surface area contributed by atoms with Gasteiger partial charge in [0.25, 0.3) is 0 Å². The fourth-order valence-corrected chi connectivity index (χ4v) is 3.40. The highest BCUT2D eigenvalue weighted by Gasteiger charge is 2.27. The molecule has 4 heterocycles. The van der Waals surface area contributed by atoms with Crippen molar-refractivity contribution < 1.29 is 9.47 Å². The van der Waals surface area contributed by atoms with Crippen LogP contribution in [0.1, 0.15) is 24.6 Å². The summed E-state index contributed by atoms with van der Waals surface area (Å²) >= 11 is 0. The Kier molecular flexibility index (Phi) is 4.71. The summed E-state index contributed by atoms with van der Waals surface area (Å²) in [5.74, 6) is 1.38. The second-order valence-corrected chi connectivity index (χ2v) is 6.44. The molecule has 1 atom stereocenters. The van der Waals surface area contributed by atoms with E-state index >= 15 is 0 Å². The first-order chi connectivity index (χ1) is 11.9. The van der Waals surface area contributed by atoms with Crippen LogP contribution in [0.25, 0.3) is 0 Å². The molecule has 2 aliphatic heterocycles. The first-order valence-corrected chi connectivity index (χ1v) is 8.60. The Morgan fingerprint density at radius 3 is 2.79 bits per heavy atom. The van der Waals surface area contributed by atoms with Crippen LogP contribution in [-0.2, 0) is 16.0 Å². The molecule has 4 rings (SSSR count). The van der Waals surface area contributed by atoms with E-state index in [0.29, 0.717) is 12.5 Å². The molecule has 7 nitrogen and oxygen atoms in total. The molecule has 0 aliphatic carbocycles. The monoisotopic (exact) mass is 329 g/mol. The number of anilines is 1. The average Bonchev–Trinajstić information content (AvgIpc) is 3.12. The fourth-order valence-electron chi connectivity index (χ4n) is 3.40. The SMILES string of the molecule is c1cnc(N2Cc3ccnn3C(COCC3CCOCC3)C2)nc1. The van der Waals surface area contributed by atoms with Crippen LogP contribution in [0.2, 0.25) is 0 Å². The molecule has 0 aromatic carbocycles. The van der Waals surface area contributed by atoms with Crippen molar-refractivity contribution in [2.75, 3.05) is 37.9 Å². The van der Waals surface area contributed by atoms with Crippen LogP contribution < -0.4 is 4.90 Å². The third-order valence-electron chi connectivity index (χ3n) is 4.72. The van der Waals surface area contributed by atoms with Gasteiger partial charge in [-0.3, -0.25) is 4.68 Å². The summed E-state index contributed by atoms with van der Waals surface area (Å²) in [5.41, 5.74) is 1.17. The van der Waals surface area contributed by atoms with E-state index in [-0.39, 0.29) is 6.04 Å². The second-order valence-electron chi connectivity index (χ2n) is 6.44. The predicted octanol–water partition coefficient (Wildman–Crippen LogP) is 1.68. The van der Waals surface area contributed by atoms with Crippen LogP contribution in [0.4, 0.5) is 5.95 Å². The quantitative estimate of drug-likeness (QED) is 0.831. The molecule has 2 aromatic rings. The van der Waals surface area contributed by atoms with Crippen molar-refractivity contribution in [1.29, 1.82) is 0 Å². The lowest BCUT2D eigenvalue weighted by molar-refractivity contribution is 0.0112. The van der Waals surface area contributed by atoms with Gasteiger partial charge in [0.1, 0.15) is 0 Å². The fraction of sp³-hybridized carbons (Fsp3) is 0.588. The lowest BCUT2D eigenvalue weighted by atomic mass is 10.0. The van der Waals surface area contributed by atoms with Crippen molar-refractivity contribution in [3.8, 4) is 0 Å². The normalized spacial score (nSPS) is 21.7. The van der Waals surface area contributed by atoms with Gasteiger partial charge < -0.3 is 14.4 Å². The van der Waals surface area contributed by atoms with Gasteiger partial charge in [-0.25, -0.2) is 9.97 Å². The van der Waals surface area contributed by atoms with Crippen molar-refractivity contribution >= 4 is 5.95 Å². The van der Waals surface area contributed by atoms with Gasteiger partial charge in [0.05, 0.1) is 24.9 Å². The summed E-state index contributed by atoms with van der Waals surface area (Å²) in [6.07, 6.45) is 7.62. The predicted molar refractivity (Wildman–Crippen MR) is 88.7 cm³/mol. The summed E-state index contributed by atoms with van der Waals surface area (Å²) in [6, 6.07) is 4.08. The Balaban J connectivity index is 1.40. The van der Waals surface area contributed by atoms with E-state index in [4.69, 9.17) is 9.47 Å². The van der Waals surface area contributed by atoms with Crippen LogP contribution in [0.15, 0.2) is 30.7 Å². The van der Waals surface area contributed by atoms with E-state index in [1.165, 1.54) is 5.69 Å². The molecule has 0 spiro atoms. The molecular weight excluding hydrogens is 306 g/mol. The molecule has 1 saturated heterocycles. The summed E-state index contributed by atoms with van der Waals surface area (Å²) in [5, 5.41) is 4.48. The van der Waals surface area contributed by atoms with E-state index in [9.17, 15) is 0 Å². The molecule has 0 bridgehead atoms. The second kappa shape index (κ2) is 7.27. The minimum absolute atomic E-state index is 0.187. The molecule has 0 saturated carbocycles. The molecule has 1 unspecified atom stereocenters. The molecule has 0 N–H and O–H groups in total. The highest BCUT2D eigenvalue weighted by molar-refractivity contribution is 5.32. The first-order valence-electron chi connectivity index (χ1n) is 8.60. The van der Waals surface area contributed by atoms with Crippen molar-refractivity contribution in [2.24, 2.45) is 5.92 Å². The Morgan fingerprint density at radius 2 is 1.96 bits per heavy atom.